The van der Waals surface area contributed by atoms with Crippen molar-refractivity contribution in [2.45, 2.75) is 36.4 Å². The number of amides is 1. The number of halogens is 4. The normalized spacial score (nSPS) is 15.6. The summed E-state index contributed by atoms with van der Waals surface area (Å²) < 4.78 is 43.8. The number of ether oxygens (including phenoxy) is 1. The average molecular weight is 413 g/mol. The number of piperidine rings is 1. The highest BCUT2D eigenvalue weighted by atomic mass is 35.5. The van der Waals surface area contributed by atoms with Gasteiger partial charge in [0.05, 0.1) is 17.4 Å². The van der Waals surface area contributed by atoms with Gasteiger partial charge in [-0.05, 0) is 44.0 Å². The Kier molecular flexibility index (Phi) is 9.78. The maximum Gasteiger partial charge on any atom is 0.416 e. The fraction of sp³-hybridized carbons (Fsp3) is 0.588. The number of hydrogen-bond acceptors (Lipinski definition) is 4. The van der Waals surface area contributed by atoms with Crippen molar-refractivity contribution in [3.8, 4) is 0 Å². The van der Waals surface area contributed by atoms with Gasteiger partial charge in [0.25, 0.3) is 0 Å². The summed E-state index contributed by atoms with van der Waals surface area (Å²) in [6.07, 6.45) is -1.82. The molecular formula is C17H24ClF3N2O2S. The number of carbonyl (C=O) groups excluding carboxylic acids is 1. The van der Waals surface area contributed by atoms with Gasteiger partial charge in [0.1, 0.15) is 0 Å². The van der Waals surface area contributed by atoms with Crippen LogP contribution >= 0.6 is 24.2 Å². The van der Waals surface area contributed by atoms with Gasteiger partial charge >= 0.3 is 6.18 Å². The lowest BCUT2D eigenvalue weighted by atomic mass is 10.1. The number of hydrogen-bond donors (Lipinski definition) is 1. The number of alkyl halides is 3. The van der Waals surface area contributed by atoms with Crippen LogP contribution in [0.15, 0.2) is 29.2 Å². The van der Waals surface area contributed by atoms with Crippen molar-refractivity contribution < 1.29 is 22.7 Å². The van der Waals surface area contributed by atoms with E-state index < -0.39 is 11.7 Å². The van der Waals surface area contributed by atoms with Crippen LogP contribution in [0.4, 0.5) is 13.2 Å². The number of nitrogens with zero attached hydrogens (tertiary/aromatic N) is 1. The minimum Gasteiger partial charge on any atom is -0.378 e. The molecule has 0 saturated carbocycles. The van der Waals surface area contributed by atoms with Crippen LogP contribution < -0.4 is 5.73 Å². The number of thioether (sulfide) groups is 1. The second-order valence-electron chi connectivity index (χ2n) is 5.91. The quantitative estimate of drug-likeness (QED) is 0.549. The molecule has 2 N–H and O–H groups in total. The molecule has 0 radical (unpaired) electrons. The number of nitrogens with two attached hydrogens (primary N) is 1. The van der Waals surface area contributed by atoms with Crippen LogP contribution in [0.25, 0.3) is 0 Å². The molecule has 148 valence electrons. The van der Waals surface area contributed by atoms with Crippen molar-refractivity contribution in [2.24, 2.45) is 5.73 Å². The van der Waals surface area contributed by atoms with Gasteiger partial charge < -0.3 is 15.4 Å². The summed E-state index contributed by atoms with van der Waals surface area (Å²) in [7, 11) is 0. The summed E-state index contributed by atoms with van der Waals surface area (Å²) in [6.45, 7) is 2.48. The molecule has 1 aliphatic rings. The first kappa shape index (κ1) is 23.1. The Bertz CT molecular complexity index is 567. The van der Waals surface area contributed by atoms with Crippen molar-refractivity contribution in [3.63, 3.8) is 0 Å². The summed E-state index contributed by atoms with van der Waals surface area (Å²) in [6, 6.07) is 5.06. The zero-order valence-corrected chi connectivity index (χ0v) is 16.0. The smallest absolute Gasteiger partial charge is 0.378 e. The van der Waals surface area contributed by atoms with E-state index in [-0.39, 0.29) is 30.2 Å². The molecule has 4 nitrogen and oxygen atoms in total. The molecule has 1 saturated heterocycles. The Labute approximate surface area is 162 Å². The fourth-order valence-corrected chi connectivity index (χ4v) is 3.46. The zero-order valence-electron chi connectivity index (χ0n) is 14.3. The van der Waals surface area contributed by atoms with E-state index in [1.807, 2.05) is 0 Å². The molecule has 0 atom stereocenters. The predicted octanol–water partition coefficient (Wildman–Crippen LogP) is 3.58. The first-order chi connectivity index (χ1) is 11.9. The Hall–Kier alpha value is -0.960. The maximum atomic E-state index is 12.7. The maximum absolute atomic E-state index is 12.7. The van der Waals surface area contributed by atoms with Gasteiger partial charge in [-0.3, -0.25) is 4.79 Å². The Morgan fingerprint density at radius 2 is 2.00 bits per heavy atom. The molecule has 1 heterocycles. The zero-order chi connectivity index (χ0) is 18.3. The topological polar surface area (TPSA) is 55.6 Å². The van der Waals surface area contributed by atoms with Crippen molar-refractivity contribution in [1.29, 1.82) is 0 Å². The molecule has 0 spiro atoms. The van der Waals surface area contributed by atoms with Gasteiger partial charge in [0, 0.05) is 24.6 Å². The van der Waals surface area contributed by atoms with Crippen molar-refractivity contribution in [2.75, 3.05) is 32.0 Å². The van der Waals surface area contributed by atoms with Gasteiger partial charge in [-0.1, -0.05) is 6.07 Å². The summed E-state index contributed by atoms with van der Waals surface area (Å²) in [5, 5.41) is 0. The number of benzene rings is 1. The Morgan fingerprint density at radius 3 is 2.62 bits per heavy atom. The van der Waals surface area contributed by atoms with Gasteiger partial charge in [-0.2, -0.15) is 13.2 Å². The number of rotatable bonds is 7. The molecule has 26 heavy (non-hydrogen) atoms. The molecule has 1 fully saturated rings. The van der Waals surface area contributed by atoms with Crippen LogP contribution in [-0.4, -0.2) is 48.9 Å². The summed E-state index contributed by atoms with van der Waals surface area (Å²) >= 11 is 1.13. The van der Waals surface area contributed by atoms with E-state index in [0.29, 0.717) is 31.1 Å². The van der Waals surface area contributed by atoms with Gasteiger partial charge in [0.15, 0.2) is 0 Å². The average Bonchev–Trinajstić information content (AvgIpc) is 2.60. The van der Waals surface area contributed by atoms with E-state index in [1.54, 1.807) is 11.0 Å². The SMILES string of the molecule is Cl.NCCCOC1CCN(C(=O)CSc2cccc(C(F)(F)F)c2)CC1. The van der Waals surface area contributed by atoms with Crippen LogP contribution in [0.1, 0.15) is 24.8 Å². The third kappa shape index (κ3) is 7.34. The van der Waals surface area contributed by atoms with Crippen molar-refractivity contribution in [3.05, 3.63) is 29.8 Å². The molecule has 0 bridgehead atoms. The lowest BCUT2D eigenvalue weighted by Crippen LogP contribution is -2.41. The first-order valence-corrected chi connectivity index (χ1v) is 9.28. The van der Waals surface area contributed by atoms with E-state index >= 15 is 0 Å². The van der Waals surface area contributed by atoms with Gasteiger partial charge in [-0.25, -0.2) is 0 Å². The highest BCUT2D eigenvalue weighted by molar-refractivity contribution is 8.00. The highest BCUT2D eigenvalue weighted by Crippen LogP contribution is 2.32. The standard InChI is InChI=1S/C17H23F3N2O2S.ClH/c18-17(19,20)13-3-1-4-15(11-13)25-12-16(23)22-8-5-14(6-9-22)24-10-2-7-21;/h1,3-4,11,14H,2,5-10,12,21H2;1H. The van der Waals surface area contributed by atoms with E-state index in [2.05, 4.69) is 0 Å². The van der Waals surface area contributed by atoms with Crippen LogP contribution in [0, 0.1) is 0 Å². The highest BCUT2D eigenvalue weighted by Gasteiger charge is 2.30. The summed E-state index contributed by atoms with van der Waals surface area (Å²) in [5.41, 5.74) is 4.73. The van der Waals surface area contributed by atoms with Crippen LogP contribution in [0.5, 0.6) is 0 Å². The van der Waals surface area contributed by atoms with Gasteiger partial charge in [0.2, 0.25) is 5.91 Å². The second kappa shape index (κ2) is 11.0. The summed E-state index contributed by atoms with van der Waals surface area (Å²) in [5.74, 6) is 0.0860. The molecule has 1 aliphatic heterocycles. The first-order valence-electron chi connectivity index (χ1n) is 8.29. The predicted molar refractivity (Wildman–Crippen MR) is 98.6 cm³/mol. The van der Waals surface area contributed by atoms with E-state index in [1.165, 1.54) is 6.07 Å². The molecule has 0 aromatic heterocycles. The van der Waals surface area contributed by atoms with E-state index in [9.17, 15) is 18.0 Å². The number of carbonyl (C=O) groups is 1. The lowest BCUT2D eigenvalue weighted by Gasteiger charge is -2.32. The fourth-order valence-electron chi connectivity index (χ4n) is 2.60. The molecule has 1 aromatic carbocycles. The third-order valence-corrected chi connectivity index (χ3v) is 5.00. The van der Waals surface area contributed by atoms with Crippen molar-refractivity contribution >= 4 is 30.1 Å². The molecule has 0 aliphatic carbocycles. The third-order valence-electron chi connectivity index (χ3n) is 4.02. The van der Waals surface area contributed by atoms with Gasteiger partial charge in [-0.15, -0.1) is 24.2 Å². The Morgan fingerprint density at radius 1 is 1.31 bits per heavy atom. The molecule has 9 heteroatoms. The molecule has 1 amide bonds. The van der Waals surface area contributed by atoms with Crippen molar-refractivity contribution in [1.82, 2.24) is 4.90 Å². The minimum atomic E-state index is -4.37. The molecular weight excluding hydrogens is 389 g/mol. The number of likely N-dealkylation sites (tertiary alicyclic amines) is 1. The van der Waals surface area contributed by atoms with E-state index in [0.717, 1.165) is 43.2 Å². The molecule has 1 aromatic rings. The largest absolute Gasteiger partial charge is 0.416 e. The second-order valence-corrected chi connectivity index (χ2v) is 6.96. The summed E-state index contributed by atoms with van der Waals surface area (Å²) in [4.78, 5) is 14.4. The van der Waals surface area contributed by atoms with E-state index in [4.69, 9.17) is 10.5 Å². The monoisotopic (exact) mass is 412 g/mol. The molecule has 0 unspecified atom stereocenters. The Balaban J connectivity index is 0.00000338. The lowest BCUT2D eigenvalue weighted by molar-refractivity contribution is -0.137. The minimum absolute atomic E-state index is 0. The van der Waals surface area contributed by atoms with Crippen LogP contribution in [0.3, 0.4) is 0 Å². The molecule has 2 rings (SSSR count). The van der Waals surface area contributed by atoms with Crippen LogP contribution in [0.2, 0.25) is 0 Å². The van der Waals surface area contributed by atoms with Crippen LogP contribution in [-0.2, 0) is 15.7 Å².